The number of thiophene rings is 2. The lowest BCUT2D eigenvalue weighted by Crippen LogP contribution is -2.09. The number of benzene rings is 2. The number of carbonyl (C=O) groups is 2. The first-order valence-corrected chi connectivity index (χ1v) is 19.7. The molecule has 44 heavy (non-hydrogen) atoms. The zero-order valence-corrected chi connectivity index (χ0v) is 29.6. The molecule has 0 fully saturated rings. The van der Waals surface area contributed by atoms with Crippen LogP contribution in [0.5, 0.6) is 0 Å². The molecule has 2 aromatic carbocycles. The van der Waals surface area contributed by atoms with Gasteiger partial charge in [-0.15, -0.1) is 22.7 Å². The molecule has 0 spiro atoms. The van der Waals surface area contributed by atoms with Crippen molar-refractivity contribution in [1.82, 2.24) is 0 Å². The van der Waals surface area contributed by atoms with Gasteiger partial charge in [0.1, 0.15) is 0 Å². The number of unbranched alkanes of at least 4 members (excludes halogenated alkanes) is 2. The van der Waals surface area contributed by atoms with Crippen LogP contribution in [-0.2, 0) is 22.4 Å². The average molecular weight is 659 g/mol. The molecular formula is C38H42O2S4. The van der Waals surface area contributed by atoms with Crippen molar-refractivity contribution in [2.24, 2.45) is 11.8 Å². The lowest BCUT2D eigenvalue weighted by Gasteiger charge is -2.12. The third kappa shape index (κ3) is 6.29. The number of carbonyl (C=O) groups excluding carboxylic acids is 2. The maximum Gasteiger partial charge on any atom is 0.226 e. The van der Waals surface area contributed by atoms with E-state index in [-0.39, 0.29) is 10.2 Å². The maximum absolute atomic E-state index is 13.5. The van der Waals surface area contributed by atoms with Crippen molar-refractivity contribution in [3.8, 4) is 0 Å². The van der Waals surface area contributed by atoms with Crippen LogP contribution in [0, 0.1) is 11.8 Å². The summed E-state index contributed by atoms with van der Waals surface area (Å²) < 4.78 is 0. The van der Waals surface area contributed by atoms with Crippen LogP contribution >= 0.6 is 46.2 Å². The summed E-state index contributed by atoms with van der Waals surface area (Å²) in [6.45, 7) is 9.10. The monoisotopic (exact) mass is 658 g/mol. The Kier molecular flexibility index (Phi) is 10.2. The van der Waals surface area contributed by atoms with Gasteiger partial charge in [-0.1, -0.05) is 103 Å². The van der Waals surface area contributed by atoms with Crippen LogP contribution in [0.15, 0.2) is 58.3 Å². The van der Waals surface area contributed by atoms with Gasteiger partial charge >= 0.3 is 0 Å². The molecule has 0 bridgehead atoms. The Morgan fingerprint density at radius 3 is 1.39 bits per heavy atom. The van der Waals surface area contributed by atoms with Crippen LogP contribution < -0.4 is 10.4 Å². The Labute approximate surface area is 278 Å². The molecule has 2 aliphatic rings. The van der Waals surface area contributed by atoms with E-state index in [1.807, 2.05) is 0 Å². The number of thioether (sulfide) groups is 2. The highest BCUT2D eigenvalue weighted by molar-refractivity contribution is 8.15. The highest BCUT2D eigenvalue weighted by Gasteiger charge is 2.30. The normalized spacial score (nSPS) is 15.8. The van der Waals surface area contributed by atoms with E-state index in [2.05, 4.69) is 76.2 Å². The van der Waals surface area contributed by atoms with E-state index in [4.69, 9.17) is 0 Å². The van der Waals surface area contributed by atoms with E-state index < -0.39 is 0 Å². The van der Waals surface area contributed by atoms with Crippen molar-refractivity contribution in [2.45, 2.75) is 102 Å². The fraction of sp³-hybridized carbons (Fsp3) is 0.421. The van der Waals surface area contributed by atoms with Gasteiger partial charge in [0.05, 0.1) is 11.1 Å². The quantitative estimate of drug-likeness (QED) is 0.135. The highest BCUT2D eigenvalue weighted by Crippen LogP contribution is 2.42. The fourth-order valence-corrected chi connectivity index (χ4v) is 11.3. The van der Waals surface area contributed by atoms with E-state index in [9.17, 15) is 9.59 Å². The van der Waals surface area contributed by atoms with Crippen LogP contribution in [0.4, 0.5) is 0 Å². The Bertz CT molecular complexity index is 1690. The van der Waals surface area contributed by atoms with E-state index >= 15 is 0 Å². The first kappa shape index (κ1) is 31.8. The summed E-state index contributed by atoms with van der Waals surface area (Å²) >= 11 is 6.28. The van der Waals surface area contributed by atoms with Crippen LogP contribution in [0.1, 0.15) is 98.6 Å². The zero-order valence-electron chi connectivity index (χ0n) is 26.3. The summed E-state index contributed by atoms with van der Waals surface area (Å²) in [5, 5.41) is 4.48. The number of fused-ring (bicyclic) bond motifs is 5. The molecular weight excluding hydrogens is 617 g/mol. The SMILES string of the molecule is CCCCC(CC)Cc1ccc(C2=c3ccc4c5c(ccc4c3SC2=O)=C(c2ccc(CC(CC)CCCC)s2)C(=O)S5)s1. The van der Waals surface area contributed by atoms with E-state index in [1.54, 1.807) is 22.7 Å². The average Bonchev–Trinajstić information content (AvgIpc) is 3.81. The molecule has 0 aliphatic carbocycles. The minimum Gasteiger partial charge on any atom is -0.281 e. The Hall–Kier alpha value is -2.12. The van der Waals surface area contributed by atoms with Gasteiger partial charge in [-0.05, 0) is 83.2 Å². The molecule has 2 atom stereocenters. The summed E-state index contributed by atoms with van der Waals surface area (Å²) in [5.41, 5.74) is 1.69. The van der Waals surface area contributed by atoms with Gasteiger partial charge in [0.2, 0.25) is 10.2 Å². The maximum atomic E-state index is 13.5. The topological polar surface area (TPSA) is 34.1 Å². The molecule has 6 rings (SSSR count). The van der Waals surface area contributed by atoms with Crippen molar-refractivity contribution >= 4 is 78.3 Å². The van der Waals surface area contributed by atoms with Gasteiger partial charge < -0.3 is 0 Å². The first-order valence-electron chi connectivity index (χ1n) is 16.4. The molecule has 2 aliphatic heterocycles. The first-order chi connectivity index (χ1) is 21.4. The standard InChI is InChI=1S/C38H42O2S4/c1-5-9-11-23(7-3)21-25-13-19-31(41-25)33-29-17-15-28-27(35(29)43-37(33)39)16-18-30-34(38(40)44-36(28)30)32-20-14-26(42-32)22-24(8-4)12-10-6-2/h13-20,23-24H,5-12,21-22H2,1-4H3. The molecule has 0 radical (unpaired) electrons. The Balaban J connectivity index is 1.34. The second kappa shape index (κ2) is 14.1. The van der Waals surface area contributed by atoms with Crippen LogP contribution in [0.2, 0.25) is 0 Å². The molecule has 0 N–H and O–H groups in total. The summed E-state index contributed by atoms with van der Waals surface area (Å²) in [5.74, 6) is 1.42. The third-order valence-electron chi connectivity index (χ3n) is 9.32. The summed E-state index contributed by atoms with van der Waals surface area (Å²) in [4.78, 5) is 33.9. The van der Waals surface area contributed by atoms with Gasteiger partial charge in [0, 0.05) is 39.7 Å². The van der Waals surface area contributed by atoms with E-state index in [0.29, 0.717) is 11.8 Å². The fourth-order valence-electron chi connectivity index (χ4n) is 6.64. The number of rotatable bonds is 14. The van der Waals surface area contributed by atoms with Gasteiger partial charge in [0.15, 0.2) is 0 Å². The van der Waals surface area contributed by atoms with Gasteiger partial charge in [-0.3, -0.25) is 9.59 Å². The van der Waals surface area contributed by atoms with Gasteiger partial charge in [-0.25, -0.2) is 0 Å². The van der Waals surface area contributed by atoms with Crippen molar-refractivity contribution in [2.75, 3.05) is 0 Å². The second-order valence-corrected chi connectivity index (χ2v) is 16.6. The van der Waals surface area contributed by atoms with E-state index in [1.165, 1.54) is 84.6 Å². The van der Waals surface area contributed by atoms with Crippen LogP contribution in [0.25, 0.3) is 21.9 Å². The molecule has 6 heteroatoms. The van der Waals surface area contributed by atoms with Crippen molar-refractivity contribution in [3.63, 3.8) is 0 Å². The Morgan fingerprint density at radius 1 is 0.568 bits per heavy atom. The smallest absolute Gasteiger partial charge is 0.226 e. The van der Waals surface area contributed by atoms with Crippen molar-refractivity contribution < 1.29 is 9.59 Å². The Morgan fingerprint density at radius 2 is 1.00 bits per heavy atom. The van der Waals surface area contributed by atoms with E-state index in [0.717, 1.165) is 64.7 Å². The van der Waals surface area contributed by atoms with Crippen LogP contribution in [0.3, 0.4) is 0 Å². The third-order valence-corrected chi connectivity index (χ3v) is 13.6. The number of hydrogen-bond donors (Lipinski definition) is 0. The van der Waals surface area contributed by atoms with Gasteiger partial charge in [-0.2, -0.15) is 0 Å². The van der Waals surface area contributed by atoms with Gasteiger partial charge in [0.25, 0.3) is 0 Å². The van der Waals surface area contributed by atoms with Crippen molar-refractivity contribution in [1.29, 1.82) is 0 Å². The lowest BCUT2D eigenvalue weighted by molar-refractivity contribution is -0.106. The molecule has 0 amide bonds. The summed E-state index contributed by atoms with van der Waals surface area (Å²) in [6, 6.07) is 17.3. The predicted octanol–water partition coefficient (Wildman–Crippen LogP) is 10.1. The molecule has 0 saturated heterocycles. The largest absolute Gasteiger partial charge is 0.281 e. The summed E-state index contributed by atoms with van der Waals surface area (Å²) in [7, 11) is 0. The molecule has 4 aromatic rings. The lowest BCUT2D eigenvalue weighted by atomic mass is 9.95. The molecule has 2 nitrogen and oxygen atoms in total. The molecule has 4 heterocycles. The molecule has 230 valence electrons. The molecule has 2 unspecified atom stereocenters. The van der Waals surface area contributed by atoms with Crippen molar-refractivity contribution in [3.05, 3.63) is 78.5 Å². The van der Waals surface area contributed by atoms with Crippen LogP contribution in [-0.4, -0.2) is 10.2 Å². The minimum atomic E-state index is 0.130. The molecule has 0 saturated carbocycles. The summed E-state index contributed by atoms with van der Waals surface area (Å²) in [6.07, 6.45) is 12.2. The molecule has 2 aromatic heterocycles. The second-order valence-electron chi connectivity index (χ2n) is 12.3. The number of hydrogen-bond acceptors (Lipinski definition) is 6. The predicted molar refractivity (Wildman–Crippen MR) is 193 cm³/mol. The zero-order chi connectivity index (χ0) is 30.8. The highest BCUT2D eigenvalue weighted by atomic mass is 32.2. The minimum absolute atomic E-state index is 0.130.